The molecule has 2 aromatic heterocycles. The van der Waals surface area contributed by atoms with Gasteiger partial charge < -0.3 is 5.32 Å². The average Bonchev–Trinajstić information content (AvgIpc) is 2.82. The number of benzene rings is 1. The van der Waals surface area contributed by atoms with Crippen LogP contribution >= 0.6 is 0 Å². The molecule has 0 aliphatic heterocycles. The van der Waals surface area contributed by atoms with Gasteiger partial charge in [-0.25, -0.2) is 0 Å². The number of pyridine rings is 1. The predicted octanol–water partition coefficient (Wildman–Crippen LogP) is 2.58. The molecule has 4 nitrogen and oxygen atoms in total. The first-order chi connectivity index (χ1) is 8.83. The van der Waals surface area contributed by atoms with Gasteiger partial charge in [0.1, 0.15) is 0 Å². The van der Waals surface area contributed by atoms with Gasteiger partial charge in [0, 0.05) is 18.6 Å². The van der Waals surface area contributed by atoms with Crippen LogP contribution in [0.4, 0.5) is 5.69 Å². The van der Waals surface area contributed by atoms with Crippen LogP contribution in [-0.2, 0) is 13.6 Å². The van der Waals surface area contributed by atoms with Gasteiger partial charge in [-0.15, -0.1) is 0 Å². The minimum atomic E-state index is 0.747. The number of rotatable bonds is 3. The van der Waals surface area contributed by atoms with Gasteiger partial charge in [0.05, 0.1) is 29.6 Å². The molecule has 4 heteroatoms. The lowest BCUT2D eigenvalue weighted by atomic mass is 10.2. The highest BCUT2D eigenvalue weighted by molar-refractivity contribution is 5.81. The first-order valence-electron chi connectivity index (χ1n) is 5.88. The van der Waals surface area contributed by atoms with Gasteiger partial charge in [0.15, 0.2) is 0 Å². The van der Waals surface area contributed by atoms with E-state index in [4.69, 9.17) is 0 Å². The molecule has 3 aromatic rings. The highest BCUT2D eigenvalue weighted by atomic mass is 15.3. The number of para-hydroxylation sites is 1. The number of nitrogens with zero attached hydrogens (tertiary/aromatic N) is 3. The second kappa shape index (κ2) is 4.49. The Balaban J connectivity index is 1.81. The lowest BCUT2D eigenvalue weighted by molar-refractivity contribution is 0.720. The van der Waals surface area contributed by atoms with Gasteiger partial charge in [-0.2, -0.15) is 5.10 Å². The van der Waals surface area contributed by atoms with E-state index in [9.17, 15) is 0 Å². The van der Waals surface area contributed by atoms with E-state index < -0.39 is 0 Å². The molecule has 1 N–H and O–H groups in total. The van der Waals surface area contributed by atoms with Crippen molar-refractivity contribution in [2.75, 3.05) is 5.32 Å². The molecule has 0 radical (unpaired) electrons. The minimum Gasteiger partial charge on any atom is -0.378 e. The predicted molar refractivity (Wildman–Crippen MR) is 72.3 cm³/mol. The van der Waals surface area contributed by atoms with Crippen LogP contribution in [0, 0.1) is 0 Å². The number of hydrogen-bond donors (Lipinski definition) is 1. The van der Waals surface area contributed by atoms with Crippen molar-refractivity contribution in [3.05, 3.63) is 54.5 Å². The maximum absolute atomic E-state index is 4.42. The number of anilines is 1. The zero-order chi connectivity index (χ0) is 12.4. The third kappa shape index (κ3) is 2.05. The van der Waals surface area contributed by atoms with Gasteiger partial charge in [-0.3, -0.25) is 9.67 Å². The number of fused-ring (bicyclic) bond motifs is 1. The number of hydrogen-bond acceptors (Lipinski definition) is 3. The maximum atomic E-state index is 4.42. The molecule has 0 aliphatic rings. The molecule has 0 aliphatic carbocycles. The molecule has 0 amide bonds. The van der Waals surface area contributed by atoms with Gasteiger partial charge in [-0.1, -0.05) is 18.2 Å². The van der Waals surface area contributed by atoms with Crippen molar-refractivity contribution in [1.82, 2.24) is 14.8 Å². The normalized spacial score (nSPS) is 10.7. The second-order valence-electron chi connectivity index (χ2n) is 4.22. The summed E-state index contributed by atoms with van der Waals surface area (Å²) < 4.78 is 1.86. The summed E-state index contributed by atoms with van der Waals surface area (Å²) in [5, 5.41) is 8.64. The molecular weight excluding hydrogens is 224 g/mol. The topological polar surface area (TPSA) is 42.7 Å². The molecule has 0 unspecified atom stereocenters. The zero-order valence-electron chi connectivity index (χ0n) is 10.2. The Morgan fingerprint density at radius 3 is 2.94 bits per heavy atom. The fourth-order valence-corrected chi connectivity index (χ4v) is 1.94. The van der Waals surface area contributed by atoms with Gasteiger partial charge >= 0.3 is 0 Å². The van der Waals surface area contributed by atoms with Crippen LogP contribution in [0.25, 0.3) is 10.9 Å². The van der Waals surface area contributed by atoms with E-state index in [1.807, 2.05) is 42.2 Å². The third-order valence-electron chi connectivity index (χ3n) is 2.99. The Hall–Kier alpha value is -2.36. The zero-order valence-corrected chi connectivity index (χ0v) is 10.2. The van der Waals surface area contributed by atoms with Crippen molar-refractivity contribution in [2.45, 2.75) is 6.54 Å². The molecular formula is C14H14N4. The highest BCUT2D eigenvalue weighted by Gasteiger charge is 2.00. The van der Waals surface area contributed by atoms with Crippen molar-refractivity contribution in [2.24, 2.45) is 7.05 Å². The number of aromatic nitrogens is 3. The van der Waals surface area contributed by atoms with Crippen LogP contribution < -0.4 is 5.32 Å². The summed E-state index contributed by atoms with van der Waals surface area (Å²) in [4.78, 5) is 4.42. The highest BCUT2D eigenvalue weighted by Crippen LogP contribution is 2.16. The molecule has 90 valence electrons. The second-order valence-corrected chi connectivity index (χ2v) is 4.22. The van der Waals surface area contributed by atoms with E-state index in [0.29, 0.717) is 0 Å². The smallest absolute Gasteiger partial charge is 0.0703 e. The molecule has 1 aromatic carbocycles. The van der Waals surface area contributed by atoms with E-state index in [2.05, 4.69) is 27.5 Å². The molecule has 3 rings (SSSR count). The van der Waals surface area contributed by atoms with Crippen molar-refractivity contribution < 1.29 is 0 Å². The Morgan fingerprint density at radius 2 is 2.11 bits per heavy atom. The van der Waals surface area contributed by atoms with Crippen molar-refractivity contribution in [3.8, 4) is 0 Å². The Labute approximate surface area is 105 Å². The third-order valence-corrected chi connectivity index (χ3v) is 2.99. The number of aryl methyl sites for hydroxylation is 1. The summed E-state index contributed by atoms with van der Waals surface area (Å²) in [6, 6.07) is 12.2. The average molecular weight is 238 g/mol. The largest absolute Gasteiger partial charge is 0.378 e. The van der Waals surface area contributed by atoms with Crippen molar-refractivity contribution in [3.63, 3.8) is 0 Å². The summed E-state index contributed by atoms with van der Waals surface area (Å²) in [5.74, 6) is 0. The summed E-state index contributed by atoms with van der Waals surface area (Å²) in [7, 11) is 1.94. The van der Waals surface area contributed by atoms with E-state index in [1.54, 1.807) is 6.20 Å². The van der Waals surface area contributed by atoms with Gasteiger partial charge in [-0.05, 0) is 18.2 Å². The summed E-state index contributed by atoms with van der Waals surface area (Å²) in [6.45, 7) is 0.747. The van der Waals surface area contributed by atoms with Crippen molar-refractivity contribution >= 4 is 16.6 Å². The minimum absolute atomic E-state index is 0.747. The van der Waals surface area contributed by atoms with Crippen LogP contribution in [0.15, 0.2) is 48.8 Å². The van der Waals surface area contributed by atoms with Crippen LogP contribution in [0.1, 0.15) is 5.69 Å². The molecule has 0 bridgehead atoms. The summed E-state index contributed by atoms with van der Waals surface area (Å²) in [6.07, 6.45) is 3.66. The molecule has 18 heavy (non-hydrogen) atoms. The SMILES string of the molecule is Cn1nccc1CNc1cnc2ccccc2c1. The number of nitrogens with one attached hydrogen (secondary N) is 1. The van der Waals surface area contributed by atoms with E-state index in [0.717, 1.165) is 28.8 Å². The van der Waals surface area contributed by atoms with E-state index in [-0.39, 0.29) is 0 Å². The van der Waals surface area contributed by atoms with Gasteiger partial charge in [0.2, 0.25) is 0 Å². The molecule has 2 heterocycles. The summed E-state index contributed by atoms with van der Waals surface area (Å²) in [5.41, 5.74) is 3.18. The quantitative estimate of drug-likeness (QED) is 0.762. The lowest BCUT2D eigenvalue weighted by Gasteiger charge is -2.07. The Bertz CT molecular complexity index is 672. The molecule has 0 spiro atoms. The van der Waals surface area contributed by atoms with Crippen molar-refractivity contribution in [1.29, 1.82) is 0 Å². The molecule has 0 atom stereocenters. The molecule has 0 saturated carbocycles. The molecule has 0 saturated heterocycles. The maximum Gasteiger partial charge on any atom is 0.0703 e. The fourth-order valence-electron chi connectivity index (χ4n) is 1.94. The first kappa shape index (κ1) is 10.8. The van der Waals surface area contributed by atoms with Crippen LogP contribution in [0.5, 0.6) is 0 Å². The monoisotopic (exact) mass is 238 g/mol. The fraction of sp³-hybridized carbons (Fsp3) is 0.143. The van der Waals surface area contributed by atoms with E-state index in [1.165, 1.54) is 0 Å². The van der Waals surface area contributed by atoms with Crippen LogP contribution in [-0.4, -0.2) is 14.8 Å². The van der Waals surface area contributed by atoms with Crippen LogP contribution in [0.2, 0.25) is 0 Å². The standard InChI is InChI=1S/C14H14N4/c1-18-13(6-7-17-18)10-15-12-8-11-4-2-3-5-14(11)16-9-12/h2-9,15H,10H2,1H3. The van der Waals surface area contributed by atoms with Crippen LogP contribution in [0.3, 0.4) is 0 Å². The first-order valence-corrected chi connectivity index (χ1v) is 5.88. The van der Waals surface area contributed by atoms with Gasteiger partial charge in [0.25, 0.3) is 0 Å². The van der Waals surface area contributed by atoms with E-state index >= 15 is 0 Å². The Morgan fingerprint density at radius 1 is 1.22 bits per heavy atom. The molecule has 0 fully saturated rings. The summed E-state index contributed by atoms with van der Waals surface area (Å²) >= 11 is 0. The lowest BCUT2D eigenvalue weighted by Crippen LogP contribution is -2.05. The Kier molecular flexibility index (Phi) is 2.68.